The molecule has 4 heterocycles. The van der Waals surface area contributed by atoms with Crippen molar-refractivity contribution in [1.29, 1.82) is 0 Å². The van der Waals surface area contributed by atoms with E-state index in [0.29, 0.717) is 17.7 Å². The van der Waals surface area contributed by atoms with Gasteiger partial charge in [0.2, 0.25) is 0 Å². The molecule has 0 aliphatic carbocycles. The predicted molar refractivity (Wildman–Crippen MR) is 115 cm³/mol. The van der Waals surface area contributed by atoms with Crippen LogP contribution in [-0.4, -0.2) is 66.0 Å². The molecule has 0 atom stereocenters. The summed E-state index contributed by atoms with van der Waals surface area (Å²) >= 11 is 0. The van der Waals surface area contributed by atoms with Gasteiger partial charge in [0.05, 0.1) is 25.2 Å². The molecule has 8 heteroatoms. The molecule has 2 aliphatic rings. The molecule has 0 spiro atoms. The Kier molecular flexibility index (Phi) is 6.43. The van der Waals surface area contributed by atoms with E-state index in [2.05, 4.69) is 24.1 Å². The Morgan fingerprint density at radius 3 is 2.60 bits per heavy atom. The number of furan rings is 1. The minimum Gasteiger partial charge on any atom is -0.459 e. The van der Waals surface area contributed by atoms with Crippen molar-refractivity contribution in [1.82, 2.24) is 20.0 Å². The lowest BCUT2D eigenvalue weighted by atomic mass is 10.0. The average Bonchev–Trinajstić information content (AvgIpc) is 3.41. The molecule has 0 unspecified atom stereocenters. The minimum atomic E-state index is -0.0117. The van der Waals surface area contributed by atoms with Crippen LogP contribution in [0.2, 0.25) is 0 Å². The summed E-state index contributed by atoms with van der Waals surface area (Å²) in [7, 11) is 2.04. The smallest absolute Gasteiger partial charge is 0.289 e. The maximum atomic E-state index is 12.5. The molecule has 2 fully saturated rings. The Labute approximate surface area is 178 Å². The van der Waals surface area contributed by atoms with Crippen LogP contribution in [0.5, 0.6) is 0 Å². The molecule has 0 saturated carbocycles. The summed E-state index contributed by atoms with van der Waals surface area (Å²) in [6, 6.07) is 3.88. The van der Waals surface area contributed by atoms with Crippen molar-refractivity contribution in [2.24, 2.45) is 7.05 Å². The van der Waals surface area contributed by atoms with Crippen molar-refractivity contribution in [3.63, 3.8) is 0 Å². The quantitative estimate of drug-likeness (QED) is 0.781. The van der Waals surface area contributed by atoms with Crippen LogP contribution >= 0.6 is 0 Å². The highest BCUT2D eigenvalue weighted by Crippen LogP contribution is 2.29. The molecule has 0 radical (unpaired) electrons. The van der Waals surface area contributed by atoms with Gasteiger partial charge in [-0.25, -0.2) is 0 Å². The Morgan fingerprint density at radius 2 is 1.97 bits per heavy atom. The Balaban J connectivity index is 1.39. The fourth-order valence-electron chi connectivity index (χ4n) is 4.47. The summed E-state index contributed by atoms with van der Waals surface area (Å²) in [5, 5.41) is 8.59. The highest BCUT2D eigenvalue weighted by atomic mass is 16.5. The van der Waals surface area contributed by atoms with Crippen molar-refractivity contribution in [3.05, 3.63) is 35.4 Å². The summed E-state index contributed by atoms with van der Waals surface area (Å²) in [4.78, 5) is 16.8. The summed E-state index contributed by atoms with van der Waals surface area (Å²) in [5.41, 5.74) is 2.46. The highest BCUT2D eigenvalue weighted by molar-refractivity contribution is 5.91. The molecule has 1 amide bonds. The first kappa shape index (κ1) is 20.9. The molecule has 0 aromatic carbocycles. The van der Waals surface area contributed by atoms with Crippen molar-refractivity contribution in [3.8, 4) is 0 Å². The molecule has 164 valence electrons. The zero-order valence-electron chi connectivity index (χ0n) is 18.3. The number of piperidine rings is 1. The minimum absolute atomic E-state index is 0.0117. The zero-order valence-corrected chi connectivity index (χ0v) is 18.3. The lowest BCUT2D eigenvalue weighted by Gasteiger charge is -2.33. The number of carbonyl (C=O) groups excluding carboxylic acids is 1. The SMILES string of the molecule is CC(C)c1nn(C)c(N2CCOCC2)c1CNC1CCN(C(=O)c2ccco2)CC1. The molecular weight excluding hydrogens is 382 g/mol. The topological polar surface area (TPSA) is 75.8 Å². The lowest BCUT2D eigenvalue weighted by Crippen LogP contribution is -2.45. The second kappa shape index (κ2) is 9.22. The van der Waals surface area contributed by atoms with E-state index in [4.69, 9.17) is 14.3 Å². The molecule has 0 bridgehead atoms. The molecule has 2 saturated heterocycles. The van der Waals surface area contributed by atoms with Crippen molar-refractivity contribution in [2.45, 2.75) is 45.2 Å². The third-order valence-corrected chi connectivity index (χ3v) is 6.08. The van der Waals surface area contributed by atoms with Gasteiger partial charge in [-0.1, -0.05) is 13.8 Å². The number of hydrogen-bond donors (Lipinski definition) is 1. The molecule has 2 aromatic heterocycles. The zero-order chi connectivity index (χ0) is 21.1. The van der Waals surface area contributed by atoms with E-state index in [1.165, 1.54) is 11.4 Å². The number of morpholine rings is 1. The monoisotopic (exact) mass is 415 g/mol. The molecule has 1 N–H and O–H groups in total. The largest absolute Gasteiger partial charge is 0.459 e. The van der Waals surface area contributed by atoms with E-state index < -0.39 is 0 Å². The van der Waals surface area contributed by atoms with Gasteiger partial charge >= 0.3 is 0 Å². The number of likely N-dealkylation sites (tertiary alicyclic amines) is 1. The van der Waals surface area contributed by atoms with E-state index in [1.807, 2.05) is 16.6 Å². The van der Waals surface area contributed by atoms with Crippen LogP contribution in [0.25, 0.3) is 0 Å². The van der Waals surface area contributed by atoms with E-state index in [-0.39, 0.29) is 5.91 Å². The Bertz CT molecular complexity index is 831. The summed E-state index contributed by atoms with van der Waals surface area (Å²) < 4.78 is 12.8. The van der Waals surface area contributed by atoms with E-state index in [0.717, 1.165) is 64.5 Å². The van der Waals surface area contributed by atoms with Gasteiger partial charge in [-0.05, 0) is 30.9 Å². The van der Waals surface area contributed by atoms with Gasteiger partial charge < -0.3 is 24.3 Å². The molecule has 30 heavy (non-hydrogen) atoms. The molecular formula is C22H33N5O3. The van der Waals surface area contributed by atoms with Gasteiger partial charge in [0.1, 0.15) is 5.82 Å². The van der Waals surface area contributed by atoms with Gasteiger partial charge in [-0.15, -0.1) is 0 Å². The molecule has 2 aliphatic heterocycles. The molecule has 8 nitrogen and oxygen atoms in total. The first-order chi connectivity index (χ1) is 14.5. The number of aryl methyl sites for hydroxylation is 1. The van der Waals surface area contributed by atoms with Crippen molar-refractivity contribution < 1.29 is 13.9 Å². The summed E-state index contributed by atoms with van der Waals surface area (Å²) in [6.07, 6.45) is 3.43. The second-order valence-corrected chi connectivity index (χ2v) is 8.49. The van der Waals surface area contributed by atoms with Gasteiger partial charge in [0.25, 0.3) is 5.91 Å². The average molecular weight is 416 g/mol. The summed E-state index contributed by atoms with van der Waals surface area (Å²) in [6.45, 7) is 10.0. The normalized spacial score (nSPS) is 18.4. The number of carbonyl (C=O) groups is 1. The highest BCUT2D eigenvalue weighted by Gasteiger charge is 2.27. The van der Waals surface area contributed by atoms with Crippen LogP contribution in [-0.2, 0) is 18.3 Å². The molecule has 4 rings (SSSR count). The fraction of sp³-hybridized carbons (Fsp3) is 0.636. The first-order valence-electron chi connectivity index (χ1n) is 11.0. The van der Waals surface area contributed by atoms with Gasteiger partial charge in [0, 0.05) is 51.4 Å². The maximum absolute atomic E-state index is 12.5. The van der Waals surface area contributed by atoms with Gasteiger partial charge in [-0.2, -0.15) is 5.10 Å². The number of ether oxygens (including phenoxy) is 1. The van der Waals surface area contributed by atoms with E-state index in [9.17, 15) is 4.79 Å². The number of hydrogen-bond acceptors (Lipinski definition) is 6. The Morgan fingerprint density at radius 1 is 1.23 bits per heavy atom. The number of amides is 1. The summed E-state index contributed by atoms with van der Waals surface area (Å²) in [5.74, 6) is 1.99. The number of nitrogens with one attached hydrogen (secondary N) is 1. The van der Waals surface area contributed by atoms with Crippen LogP contribution in [0.1, 0.15) is 54.4 Å². The van der Waals surface area contributed by atoms with Crippen LogP contribution < -0.4 is 10.2 Å². The number of anilines is 1. The van der Waals surface area contributed by atoms with Crippen LogP contribution in [0.4, 0.5) is 5.82 Å². The number of rotatable bonds is 6. The molecule has 2 aromatic rings. The third kappa shape index (κ3) is 4.39. The predicted octanol–water partition coefficient (Wildman–Crippen LogP) is 2.37. The van der Waals surface area contributed by atoms with Crippen LogP contribution in [0, 0.1) is 0 Å². The van der Waals surface area contributed by atoms with Crippen molar-refractivity contribution >= 4 is 11.7 Å². The third-order valence-electron chi connectivity index (χ3n) is 6.08. The van der Waals surface area contributed by atoms with Gasteiger partial charge in [0.15, 0.2) is 5.76 Å². The van der Waals surface area contributed by atoms with Crippen LogP contribution in [0.3, 0.4) is 0 Å². The fourth-order valence-corrected chi connectivity index (χ4v) is 4.47. The standard InChI is InChI=1S/C22H33N5O3/c1-16(2)20-18(21(25(3)24-20)26-10-13-29-14-11-26)15-23-17-6-8-27(9-7-17)22(28)19-5-4-12-30-19/h4-5,12,16-17,23H,6-11,13-15H2,1-3H3. The van der Waals surface area contributed by atoms with Gasteiger partial charge in [-0.3, -0.25) is 9.48 Å². The lowest BCUT2D eigenvalue weighted by molar-refractivity contribution is 0.0672. The van der Waals surface area contributed by atoms with E-state index in [1.54, 1.807) is 18.4 Å². The first-order valence-corrected chi connectivity index (χ1v) is 11.0. The number of nitrogens with zero attached hydrogens (tertiary/aromatic N) is 4. The van der Waals surface area contributed by atoms with Crippen molar-refractivity contribution in [2.75, 3.05) is 44.3 Å². The number of aromatic nitrogens is 2. The van der Waals surface area contributed by atoms with E-state index >= 15 is 0 Å². The maximum Gasteiger partial charge on any atom is 0.289 e. The second-order valence-electron chi connectivity index (χ2n) is 8.49. The Hall–Kier alpha value is -2.32. The van der Waals surface area contributed by atoms with Crippen LogP contribution in [0.15, 0.2) is 22.8 Å².